The van der Waals surface area contributed by atoms with Gasteiger partial charge in [0.1, 0.15) is 35.1 Å². The summed E-state index contributed by atoms with van der Waals surface area (Å²) in [6.45, 7) is -1.69. The summed E-state index contributed by atoms with van der Waals surface area (Å²) in [6, 6.07) is 4.70. The molecule has 3 atom stereocenters. The first-order chi connectivity index (χ1) is 16.3. The Balaban J connectivity index is 1.72. The maximum atomic E-state index is 15.0. The monoisotopic (exact) mass is 519 g/mol. The molecule has 1 aromatic carbocycles. The smallest absolute Gasteiger partial charge is 0.371 e. The van der Waals surface area contributed by atoms with Crippen molar-refractivity contribution >= 4 is 27.6 Å². The average molecular weight is 519 g/mol. The highest BCUT2D eigenvalue weighted by molar-refractivity contribution is 7.90. The first-order valence-corrected chi connectivity index (χ1v) is 11.5. The van der Waals surface area contributed by atoms with Gasteiger partial charge in [-0.05, 0) is 30.3 Å². The van der Waals surface area contributed by atoms with Crippen molar-refractivity contribution in [2.24, 2.45) is 10.7 Å². The Kier molecular flexibility index (Phi) is 5.95. The molecule has 4 rings (SSSR count). The van der Waals surface area contributed by atoms with Crippen molar-refractivity contribution in [2.45, 2.75) is 23.1 Å². The van der Waals surface area contributed by atoms with Crippen LogP contribution in [0.4, 0.5) is 27.6 Å². The molecule has 3 N–H and O–H groups in total. The first kappa shape index (κ1) is 24.8. The number of nitrogens with zero attached hydrogens (tertiary/aromatic N) is 3. The minimum absolute atomic E-state index is 0.0463. The van der Waals surface area contributed by atoms with Gasteiger partial charge >= 0.3 is 6.18 Å². The van der Waals surface area contributed by atoms with Gasteiger partial charge in [0.05, 0.1) is 12.2 Å². The number of hydrogen-bond donors (Lipinski definition) is 2. The Labute approximate surface area is 195 Å². The molecule has 1 aromatic heterocycles. The van der Waals surface area contributed by atoms with Crippen LogP contribution in [0.15, 0.2) is 41.5 Å². The number of benzene rings is 1. The van der Waals surface area contributed by atoms with E-state index >= 15 is 4.39 Å². The molecule has 0 spiro atoms. The highest BCUT2D eigenvalue weighted by Gasteiger charge is 2.62. The van der Waals surface area contributed by atoms with Gasteiger partial charge in [-0.25, -0.2) is 26.5 Å². The van der Waals surface area contributed by atoms with E-state index in [1.165, 1.54) is 0 Å². The van der Waals surface area contributed by atoms with Crippen LogP contribution in [0, 0.1) is 5.82 Å². The molecule has 1 fully saturated rings. The molecule has 35 heavy (non-hydrogen) atoms. The molecule has 0 aliphatic carbocycles. The van der Waals surface area contributed by atoms with Gasteiger partial charge in [0, 0.05) is 24.5 Å². The number of pyridine rings is 1. The van der Waals surface area contributed by atoms with Gasteiger partial charge in [-0.15, -0.1) is 0 Å². The Bertz CT molecular complexity index is 1300. The number of nitrogens with one attached hydrogen (secondary N) is 1. The third kappa shape index (κ3) is 4.07. The summed E-state index contributed by atoms with van der Waals surface area (Å²) in [5.74, 6) is -2.29. The van der Waals surface area contributed by atoms with E-state index in [0.29, 0.717) is 16.6 Å². The molecule has 0 unspecified atom stereocenters. The number of amides is 1. The lowest BCUT2D eigenvalue weighted by atomic mass is 9.86. The lowest BCUT2D eigenvalue weighted by molar-refractivity contribution is -0.137. The SMILES string of the molecule is CN1C(N)=N[C@@]2(c3cc(NC(=O)c4ccc(C(F)(F)F)cn4)ccc3F)CO[C@@H](CF)[C@H]2S1(=O)=O. The second-order valence-electron chi connectivity index (χ2n) is 7.91. The highest BCUT2D eigenvalue weighted by atomic mass is 32.2. The molecule has 2 aliphatic heterocycles. The van der Waals surface area contributed by atoms with E-state index in [9.17, 15) is 30.8 Å². The highest BCUT2D eigenvalue weighted by Crippen LogP contribution is 2.46. The summed E-state index contributed by atoms with van der Waals surface area (Å²) in [4.78, 5) is 20.2. The molecule has 15 heteroatoms. The van der Waals surface area contributed by atoms with Gasteiger partial charge in [0.2, 0.25) is 16.0 Å². The number of rotatable bonds is 4. The third-order valence-electron chi connectivity index (χ3n) is 5.83. The fourth-order valence-corrected chi connectivity index (χ4v) is 5.98. The normalized spacial score (nSPS) is 25.7. The van der Waals surface area contributed by atoms with Gasteiger partial charge in [-0.1, -0.05) is 0 Å². The summed E-state index contributed by atoms with van der Waals surface area (Å²) in [7, 11) is -3.19. The molecule has 3 heterocycles. The summed E-state index contributed by atoms with van der Waals surface area (Å²) < 4.78 is 98.9. The molecular weight excluding hydrogens is 501 g/mol. The van der Waals surface area contributed by atoms with E-state index < -0.39 is 69.6 Å². The molecule has 1 amide bonds. The predicted octanol–water partition coefficient (Wildman–Crippen LogP) is 2.01. The van der Waals surface area contributed by atoms with Crippen LogP contribution >= 0.6 is 0 Å². The maximum Gasteiger partial charge on any atom is 0.417 e. The molecule has 0 saturated carbocycles. The number of ether oxygens (including phenoxy) is 1. The number of carbonyl (C=O) groups is 1. The largest absolute Gasteiger partial charge is 0.417 e. The van der Waals surface area contributed by atoms with Crippen LogP contribution < -0.4 is 11.1 Å². The van der Waals surface area contributed by atoms with Crippen molar-refractivity contribution in [1.82, 2.24) is 9.29 Å². The fraction of sp³-hybridized carbons (Fsp3) is 0.350. The zero-order valence-electron chi connectivity index (χ0n) is 17.9. The number of halogens is 5. The zero-order valence-corrected chi connectivity index (χ0v) is 18.7. The Morgan fingerprint density at radius 3 is 2.63 bits per heavy atom. The van der Waals surface area contributed by atoms with Crippen molar-refractivity contribution in [3.63, 3.8) is 0 Å². The number of hydrogen-bond acceptors (Lipinski definition) is 7. The minimum atomic E-state index is -4.64. The number of fused-ring (bicyclic) bond motifs is 1. The lowest BCUT2D eigenvalue weighted by Gasteiger charge is -2.39. The summed E-state index contributed by atoms with van der Waals surface area (Å²) >= 11 is 0. The number of guanidine groups is 1. The van der Waals surface area contributed by atoms with Gasteiger partial charge in [0.15, 0.2) is 0 Å². The van der Waals surface area contributed by atoms with Crippen LogP contribution in [-0.2, 0) is 26.5 Å². The zero-order chi connectivity index (χ0) is 25.8. The van der Waals surface area contributed by atoms with E-state index in [2.05, 4.69) is 15.3 Å². The van der Waals surface area contributed by atoms with E-state index in [1.54, 1.807) is 0 Å². The second-order valence-corrected chi connectivity index (χ2v) is 10.00. The number of aliphatic imine (C=N–C) groups is 1. The van der Waals surface area contributed by atoms with Crippen LogP contribution in [0.2, 0.25) is 0 Å². The van der Waals surface area contributed by atoms with E-state index in [0.717, 1.165) is 31.3 Å². The quantitative estimate of drug-likeness (QED) is 0.596. The Morgan fingerprint density at radius 1 is 1.31 bits per heavy atom. The summed E-state index contributed by atoms with van der Waals surface area (Å²) in [6.07, 6.45) is -5.60. The minimum Gasteiger partial charge on any atom is -0.371 e. The topological polar surface area (TPSA) is 127 Å². The lowest BCUT2D eigenvalue weighted by Crippen LogP contribution is -2.59. The van der Waals surface area contributed by atoms with E-state index in [4.69, 9.17) is 10.5 Å². The molecule has 0 bridgehead atoms. The van der Waals surface area contributed by atoms with Crippen LogP contribution in [-0.4, -0.2) is 61.3 Å². The van der Waals surface area contributed by atoms with Crippen LogP contribution in [0.3, 0.4) is 0 Å². The number of alkyl halides is 4. The molecular formula is C20H18F5N5O4S. The van der Waals surface area contributed by atoms with Crippen LogP contribution in [0.25, 0.3) is 0 Å². The van der Waals surface area contributed by atoms with Crippen molar-refractivity contribution in [3.05, 3.63) is 59.2 Å². The Hall–Kier alpha value is -3.33. The van der Waals surface area contributed by atoms with Gasteiger partial charge in [-0.3, -0.25) is 9.78 Å². The average Bonchev–Trinajstić information content (AvgIpc) is 3.19. The molecule has 0 radical (unpaired) electrons. The molecule has 2 aliphatic rings. The number of sulfonamides is 1. The first-order valence-electron chi connectivity index (χ1n) is 9.96. The maximum absolute atomic E-state index is 15.0. The fourth-order valence-electron chi connectivity index (χ4n) is 4.06. The second kappa shape index (κ2) is 8.41. The predicted molar refractivity (Wildman–Crippen MR) is 113 cm³/mol. The Morgan fingerprint density at radius 2 is 2.03 bits per heavy atom. The molecule has 2 aromatic rings. The molecule has 1 saturated heterocycles. The summed E-state index contributed by atoms with van der Waals surface area (Å²) in [5, 5.41) is 0.718. The number of carbonyl (C=O) groups excluding carboxylic acids is 1. The van der Waals surface area contributed by atoms with Crippen molar-refractivity contribution in [1.29, 1.82) is 0 Å². The van der Waals surface area contributed by atoms with Crippen LogP contribution in [0.1, 0.15) is 21.6 Å². The van der Waals surface area contributed by atoms with Crippen molar-refractivity contribution in [3.8, 4) is 0 Å². The van der Waals surface area contributed by atoms with E-state index in [-0.39, 0.29) is 16.9 Å². The number of anilines is 1. The van der Waals surface area contributed by atoms with Crippen LogP contribution in [0.5, 0.6) is 0 Å². The van der Waals surface area contributed by atoms with Gasteiger partial charge in [-0.2, -0.15) is 13.2 Å². The number of nitrogens with two attached hydrogens (primary N) is 1. The van der Waals surface area contributed by atoms with E-state index in [1.807, 2.05) is 0 Å². The van der Waals surface area contributed by atoms with Crippen molar-refractivity contribution < 1.29 is 39.9 Å². The van der Waals surface area contributed by atoms with Gasteiger partial charge in [0.25, 0.3) is 5.91 Å². The molecule has 188 valence electrons. The molecule has 9 nitrogen and oxygen atoms in total. The third-order valence-corrected chi connectivity index (χ3v) is 8.12. The van der Waals surface area contributed by atoms with Crippen molar-refractivity contribution in [2.75, 3.05) is 25.6 Å². The standard InChI is InChI=1S/C20H18F5N5O4S/c1-30-18(26)29-19(9-34-15(7-21)16(19)35(30,32)33)12-6-11(3-4-13(12)22)28-17(31)14-5-2-10(8-27-14)20(23,24)25/h2-6,8,15-16H,7,9H2,1H3,(H2,26,29)(H,28,31)/t15-,16+,19+/m0/s1. The summed E-state index contributed by atoms with van der Waals surface area (Å²) in [5.41, 5.74) is 2.06. The van der Waals surface area contributed by atoms with Gasteiger partial charge < -0.3 is 15.8 Å². The number of aromatic nitrogens is 1.